The molecular formula is C18H26O2. The summed E-state index contributed by atoms with van der Waals surface area (Å²) < 4.78 is 5.29. The van der Waals surface area contributed by atoms with E-state index in [1.807, 2.05) is 30.3 Å². The Balaban J connectivity index is 2.14. The molecule has 0 saturated heterocycles. The van der Waals surface area contributed by atoms with Crippen LogP contribution in [0.1, 0.15) is 45.6 Å². The maximum absolute atomic E-state index is 11.7. The molecule has 0 spiro atoms. The molecule has 0 aliphatic rings. The van der Waals surface area contributed by atoms with E-state index >= 15 is 0 Å². The first-order valence-corrected chi connectivity index (χ1v) is 7.41. The minimum absolute atomic E-state index is 0.132. The lowest BCUT2D eigenvalue weighted by molar-refractivity contribution is -0.143. The zero-order valence-electron chi connectivity index (χ0n) is 12.9. The van der Waals surface area contributed by atoms with Crippen molar-refractivity contribution in [2.45, 2.75) is 46.5 Å². The van der Waals surface area contributed by atoms with Crippen LogP contribution in [0.3, 0.4) is 0 Å². The molecule has 0 aromatic heterocycles. The Labute approximate surface area is 122 Å². The van der Waals surface area contributed by atoms with Crippen molar-refractivity contribution < 1.29 is 9.53 Å². The van der Waals surface area contributed by atoms with Crippen molar-refractivity contribution in [3.05, 3.63) is 47.5 Å². The highest BCUT2D eigenvalue weighted by Crippen LogP contribution is 2.12. The van der Waals surface area contributed by atoms with Gasteiger partial charge in [0.15, 0.2) is 0 Å². The van der Waals surface area contributed by atoms with Crippen molar-refractivity contribution in [1.82, 2.24) is 0 Å². The second kappa shape index (κ2) is 9.35. The topological polar surface area (TPSA) is 26.3 Å². The van der Waals surface area contributed by atoms with Crippen LogP contribution in [-0.4, -0.2) is 12.6 Å². The lowest BCUT2D eigenvalue weighted by Crippen LogP contribution is -2.11. The Morgan fingerprint density at radius 1 is 1.20 bits per heavy atom. The molecule has 1 atom stereocenters. The SMILES string of the molecule is CC(C)=CCCC(C)CCOC(=O)Cc1ccccc1. The van der Waals surface area contributed by atoms with E-state index in [4.69, 9.17) is 4.74 Å². The smallest absolute Gasteiger partial charge is 0.310 e. The van der Waals surface area contributed by atoms with E-state index in [1.165, 1.54) is 5.57 Å². The number of hydrogen-bond donors (Lipinski definition) is 0. The first kappa shape index (κ1) is 16.5. The van der Waals surface area contributed by atoms with Crippen LogP contribution >= 0.6 is 0 Å². The molecule has 0 aliphatic carbocycles. The van der Waals surface area contributed by atoms with E-state index in [9.17, 15) is 4.79 Å². The molecule has 0 aliphatic heterocycles. The fourth-order valence-electron chi connectivity index (χ4n) is 1.99. The first-order chi connectivity index (χ1) is 9.58. The summed E-state index contributed by atoms with van der Waals surface area (Å²) in [4.78, 5) is 11.7. The van der Waals surface area contributed by atoms with Crippen molar-refractivity contribution in [3.63, 3.8) is 0 Å². The van der Waals surface area contributed by atoms with Gasteiger partial charge in [-0.2, -0.15) is 0 Å². The number of rotatable bonds is 8. The molecule has 0 radical (unpaired) electrons. The second-order valence-corrected chi connectivity index (χ2v) is 5.64. The highest BCUT2D eigenvalue weighted by molar-refractivity contribution is 5.72. The van der Waals surface area contributed by atoms with Gasteiger partial charge in [0, 0.05) is 0 Å². The normalized spacial score (nSPS) is 11.8. The Kier molecular flexibility index (Phi) is 7.71. The predicted octanol–water partition coefficient (Wildman–Crippen LogP) is 4.54. The lowest BCUT2D eigenvalue weighted by atomic mass is 10.0. The molecule has 0 saturated carbocycles. The van der Waals surface area contributed by atoms with Crippen LogP contribution in [0.4, 0.5) is 0 Å². The third-order valence-electron chi connectivity index (χ3n) is 3.28. The van der Waals surface area contributed by atoms with Gasteiger partial charge in [-0.25, -0.2) is 0 Å². The number of allylic oxidation sites excluding steroid dienone is 2. The summed E-state index contributed by atoms with van der Waals surface area (Å²) in [6, 6.07) is 9.72. The fourth-order valence-corrected chi connectivity index (χ4v) is 1.99. The highest BCUT2D eigenvalue weighted by Gasteiger charge is 2.06. The molecule has 1 aromatic rings. The number of ether oxygens (including phenoxy) is 1. The van der Waals surface area contributed by atoms with Gasteiger partial charge < -0.3 is 4.74 Å². The van der Waals surface area contributed by atoms with Gasteiger partial charge in [-0.3, -0.25) is 4.79 Å². The summed E-state index contributed by atoms with van der Waals surface area (Å²) in [5.41, 5.74) is 2.38. The third-order valence-corrected chi connectivity index (χ3v) is 3.28. The first-order valence-electron chi connectivity index (χ1n) is 7.41. The van der Waals surface area contributed by atoms with Gasteiger partial charge in [0.05, 0.1) is 13.0 Å². The molecule has 2 heteroatoms. The van der Waals surface area contributed by atoms with E-state index in [2.05, 4.69) is 26.8 Å². The van der Waals surface area contributed by atoms with Crippen molar-refractivity contribution in [3.8, 4) is 0 Å². The molecule has 1 aromatic carbocycles. The van der Waals surface area contributed by atoms with Gasteiger partial charge in [0.2, 0.25) is 0 Å². The van der Waals surface area contributed by atoms with Crippen LogP contribution in [0.2, 0.25) is 0 Å². The van der Waals surface area contributed by atoms with E-state index < -0.39 is 0 Å². The van der Waals surface area contributed by atoms with Crippen molar-refractivity contribution in [2.75, 3.05) is 6.61 Å². The number of carbonyl (C=O) groups is 1. The average Bonchev–Trinajstić information content (AvgIpc) is 2.39. The second-order valence-electron chi connectivity index (χ2n) is 5.64. The lowest BCUT2D eigenvalue weighted by Gasteiger charge is -2.10. The molecule has 0 N–H and O–H groups in total. The Bertz CT molecular complexity index is 416. The number of carbonyl (C=O) groups excluding carboxylic acids is 1. The van der Waals surface area contributed by atoms with Crippen LogP contribution in [0, 0.1) is 5.92 Å². The minimum atomic E-state index is -0.132. The highest BCUT2D eigenvalue weighted by atomic mass is 16.5. The number of benzene rings is 1. The molecule has 20 heavy (non-hydrogen) atoms. The largest absolute Gasteiger partial charge is 0.465 e. The van der Waals surface area contributed by atoms with Crippen LogP contribution < -0.4 is 0 Å². The standard InChI is InChI=1S/C18H26O2/c1-15(2)8-7-9-16(3)12-13-20-18(19)14-17-10-5-4-6-11-17/h4-6,8,10-11,16H,7,9,12-14H2,1-3H3. The summed E-state index contributed by atoms with van der Waals surface area (Å²) >= 11 is 0. The van der Waals surface area contributed by atoms with Gasteiger partial charge in [-0.05, 0) is 44.6 Å². The molecule has 2 nitrogen and oxygen atoms in total. The van der Waals surface area contributed by atoms with E-state index in [-0.39, 0.29) is 5.97 Å². The number of esters is 1. The molecular weight excluding hydrogens is 248 g/mol. The third kappa shape index (κ3) is 7.78. The summed E-state index contributed by atoms with van der Waals surface area (Å²) in [6.45, 7) is 6.98. The van der Waals surface area contributed by atoms with Gasteiger partial charge in [-0.15, -0.1) is 0 Å². The van der Waals surface area contributed by atoms with Crippen molar-refractivity contribution >= 4 is 5.97 Å². The van der Waals surface area contributed by atoms with E-state index in [0.29, 0.717) is 18.9 Å². The zero-order chi connectivity index (χ0) is 14.8. The van der Waals surface area contributed by atoms with Gasteiger partial charge >= 0.3 is 5.97 Å². The van der Waals surface area contributed by atoms with E-state index in [0.717, 1.165) is 24.8 Å². The maximum atomic E-state index is 11.7. The van der Waals surface area contributed by atoms with E-state index in [1.54, 1.807) is 0 Å². The monoisotopic (exact) mass is 274 g/mol. The molecule has 0 bridgehead atoms. The predicted molar refractivity (Wildman–Crippen MR) is 83.6 cm³/mol. The van der Waals surface area contributed by atoms with Crippen LogP contribution in [0.5, 0.6) is 0 Å². The summed E-state index contributed by atoms with van der Waals surface area (Å²) in [5.74, 6) is 0.461. The molecule has 1 rings (SSSR count). The van der Waals surface area contributed by atoms with Crippen molar-refractivity contribution in [1.29, 1.82) is 0 Å². The Hall–Kier alpha value is -1.57. The van der Waals surface area contributed by atoms with Gasteiger partial charge in [0.25, 0.3) is 0 Å². The van der Waals surface area contributed by atoms with Crippen LogP contribution in [-0.2, 0) is 16.0 Å². The van der Waals surface area contributed by atoms with Gasteiger partial charge in [-0.1, -0.05) is 48.9 Å². The van der Waals surface area contributed by atoms with Crippen LogP contribution in [0.15, 0.2) is 42.0 Å². The molecule has 1 unspecified atom stereocenters. The Morgan fingerprint density at radius 2 is 1.90 bits per heavy atom. The molecule has 0 fully saturated rings. The Morgan fingerprint density at radius 3 is 2.55 bits per heavy atom. The summed E-state index contributed by atoms with van der Waals surface area (Å²) in [5, 5.41) is 0. The molecule has 0 heterocycles. The number of hydrogen-bond acceptors (Lipinski definition) is 2. The quantitative estimate of drug-likeness (QED) is 0.513. The fraction of sp³-hybridized carbons (Fsp3) is 0.500. The minimum Gasteiger partial charge on any atom is -0.465 e. The van der Waals surface area contributed by atoms with Crippen molar-refractivity contribution in [2.24, 2.45) is 5.92 Å². The molecule has 110 valence electrons. The summed E-state index contributed by atoms with van der Waals surface area (Å²) in [6.07, 6.45) is 5.84. The average molecular weight is 274 g/mol. The maximum Gasteiger partial charge on any atom is 0.310 e. The van der Waals surface area contributed by atoms with Gasteiger partial charge in [0.1, 0.15) is 0 Å². The summed E-state index contributed by atoms with van der Waals surface area (Å²) in [7, 11) is 0. The molecule has 0 amide bonds. The zero-order valence-corrected chi connectivity index (χ0v) is 12.9. The van der Waals surface area contributed by atoms with Crippen LogP contribution in [0.25, 0.3) is 0 Å².